The highest BCUT2D eigenvalue weighted by Crippen LogP contribution is 2.24. The Balaban J connectivity index is 1.76. The highest BCUT2D eigenvalue weighted by Gasteiger charge is 2.27. The van der Waals surface area contributed by atoms with E-state index in [0.29, 0.717) is 25.0 Å². The second-order valence-corrected chi connectivity index (χ2v) is 9.45. The van der Waals surface area contributed by atoms with Crippen LogP contribution in [0.5, 0.6) is 0 Å². The molecule has 0 saturated heterocycles. The van der Waals surface area contributed by atoms with Crippen molar-refractivity contribution >= 4 is 21.0 Å². The van der Waals surface area contributed by atoms with E-state index in [1.54, 1.807) is 30.5 Å². The van der Waals surface area contributed by atoms with Crippen molar-refractivity contribution < 1.29 is 17.9 Å². The Bertz CT molecular complexity index is 996. The van der Waals surface area contributed by atoms with Crippen molar-refractivity contribution in [1.29, 1.82) is 0 Å². The topological polar surface area (TPSA) is 70.8 Å². The summed E-state index contributed by atoms with van der Waals surface area (Å²) in [6, 6.07) is 16.5. The van der Waals surface area contributed by atoms with Crippen LogP contribution in [-0.2, 0) is 16.4 Å². The number of hydrogen-bond acceptors (Lipinski definition) is 4. The average Bonchev–Trinajstić information content (AvgIpc) is 3.14. The fourth-order valence-electron chi connectivity index (χ4n) is 3.24. The van der Waals surface area contributed by atoms with Gasteiger partial charge in [0.1, 0.15) is 5.58 Å². The molecule has 1 N–H and O–H groups in total. The standard InChI is InChI=1S/C22H27NO4S/c1-17(2)15-23(16-20(24)9-8-18-6-4-3-5-7-18)28(25,26)21-10-11-22-19(14-21)12-13-27-22/h3-7,10-14,17,20,24H,8-9,15-16H2,1-2H3. The molecule has 1 aromatic heterocycles. The van der Waals surface area contributed by atoms with Gasteiger partial charge in [0.25, 0.3) is 0 Å². The molecule has 0 amide bonds. The van der Waals surface area contributed by atoms with Gasteiger partial charge in [-0.05, 0) is 48.6 Å². The molecule has 3 rings (SSSR count). The first-order valence-electron chi connectivity index (χ1n) is 9.55. The largest absolute Gasteiger partial charge is 0.464 e. The van der Waals surface area contributed by atoms with Crippen LogP contribution >= 0.6 is 0 Å². The van der Waals surface area contributed by atoms with Crippen molar-refractivity contribution in [3.63, 3.8) is 0 Å². The molecular weight excluding hydrogens is 374 g/mol. The second-order valence-electron chi connectivity index (χ2n) is 7.51. The first-order valence-corrected chi connectivity index (χ1v) is 11.0. The third-order valence-corrected chi connectivity index (χ3v) is 6.48. The van der Waals surface area contributed by atoms with Gasteiger partial charge in [0.05, 0.1) is 17.3 Å². The van der Waals surface area contributed by atoms with Crippen LogP contribution in [0.1, 0.15) is 25.8 Å². The summed E-state index contributed by atoms with van der Waals surface area (Å²) >= 11 is 0. The van der Waals surface area contributed by atoms with E-state index < -0.39 is 16.1 Å². The fourth-order valence-corrected chi connectivity index (χ4v) is 4.91. The zero-order valence-corrected chi connectivity index (χ0v) is 17.1. The minimum Gasteiger partial charge on any atom is -0.464 e. The normalized spacial score (nSPS) is 13.5. The first-order chi connectivity index (χ1) is 13.4. The van der Waals surface area contributed by atoms with Gasteiger partial charge in [0, 0.05) is 18.5 Å². The number of hydrogen-bond donors (Lipinski definition) is 1. The SMILES string of the molecule is CC(C)CN(CC(O)CCc1ccccc1)S(=O)(=O)c1ccc2occc2c1. The molecule has 0 saturated carbocycles. The van der Waals surface area contributed by atoms with Crippen molar-refractivity contribution in [2.24, 2.45) is 5.92 Å². The molecule has 1 heterocycles. The van der Waals surface area contributed by atoms with E-state index in [0.717, 1.165) is 10.9 Å². The van der Waals surface area contributed by atoms with Crippen LogP contribution in [0.4, 0.5) is 0 Å². The number of aliphatic hydroxyl groups is 1. The predicted octanol–water partition coefficient (Wildman–Crippen LogP) is 4.07. The minimum atomic E-state index is -3.71. The zero-order valence-electron chi connectivity index (χ0n) is 16.3. The van der Waals surface area contributed by atoms with Crippen LogP contribution < -0.4 is 0 Å². The maximum Gasteiger partial charge on any atom is 0.243 e. The summed E-state index contributed by atoms with van der Waals surface area (Å²) < 4.78 is 33.2. The van der Waals surface area contributed by atoms with Crippen molar-refractivity contribution in [3.8, 4) is 0 Å². The van der Waals surface area contributed by atoms with Crippen LogP contribution in [0.15, 0.2) is 70.2 Å². The Hall–Kier alpha value is -2.15. The fraction of sp³-hybridized carbons (Fsp3) is 0.364. The number of aryl methyl sites for hydroxylation is 1. The van der Waals surface area contributed by atoms with Crippen LogP contribution in [0.2, 0.25) is 0 Å². The Kier molecular flexibility index (Phi) is 6.54. The van der Waals surface area contributed by atoms with Crippen molar-refractivity contribution in [1.82, 2.24) is 4.31 Å². The van der Waals surface area contributed by atoms with Gasteiger partial charge < -0.3 is 9.52 Å². The van der Waals surface area contributed by atoms with Crippen molar-refractivity contribution in [2.75, 3.05) is 13.1 Å². The van der Waals surface area contributed by atoms with Gasteiger partial charge in [0.15, 0.2) is 0 Å². The van der Waals surface area contributed by atoms with Gasteiger partial charge in [-0.1, -0.05) is 44.2 Å². The number of aliphatic hydroxyl groups excluding tert-OH is 1. The maximum atomic E-state index is 13.2. The monoisotopic (exact) mass is 401 g/mol. The maximum absolute atomic E-state index is 13.2. The second kappa shape index (κ2) is 8.90. The van der Waals surface area contributed by atoms with Crippen LogP contribution in [0.25, 0.3) is 11.0 Å². The Morgan fingerprint density at radius 3 is 2.50 bits per heavy atom. The van der Waals surface area contributed by atoms with Crippen LogP contribution in [0.3, 0.4) is 0 Å². The number of sulfonamides is 1. The lowest BCUT2D eigenvalue weighted by molar-refractivity contribution is 0.133. The van der Waals surface area contributed by atoms with E-state index in [1.165, 1.54) is 4.31 Å². The number of fused-ring (bicyclic) bond motifs is 1. The quantitative estimate of drug-likeness (QED) is 0.587. The first kappa shape index (κ1) is 20.6. The summed E-state index contributed by atoms with van der Waals surface area (Å²) in [7, 11) is -3.71. The van der Waals surface area contributed by atoms with Gasteiger partial charge >= 0.3 is 0 Å². The van der Waals surface area contributed by atoms with Gasteiger partial charge in [-0.3, -0.25) is 0 Å². The highest BCUT2D eigenvalue weighted by atomic mass is 32.2. The van der Waals surface area contributed by atoms with Crippen molar-refractivity contribution in [2.45, 2.75) is 37.7 Å². The molecule has 0 fully saturated rings. The van der Waals surface area contributed by atoms with E-state index in [4.69, 9.17) is 4.42 Å². The molecule has 0 spiro atoms. The molecule has 150 valence electrons. The molecule has 1 unspecified atom stereocenters. The Labute approximate surface area is 166 Å². The van der Waals surface area contributed by atoms with E-state index >= 15 is 0 Å². The number of rotatable bonds is 9. The van der Waals surface area contributed by atoms with E-state index in [9.17, 15) is 13.5 Å². The predicted molar refractivity (Wildman–Crippen MR) is 111 cm³/mol. The van der Waals surface area contributed by atoms with E-state index in [-0.39, 0.29) is 17.4 Å². The lowest BCUT2D eigenvalue weighted by Crippen LogP contribution is -2.40. The summed E-state index contributed by atoms with van der Waals surface area (Å²) in [5.41, 5.74) is 1.78. The molecule has 2 aromatic carbocycles. The van der Waals surface area contributed by atoms with Gasteiger partial charge in [-0.15, -0.1) is 0 Å². The molecule has 0 radical (unpaired) electrons. The Morgan fingerprint density at radius 1 is 1.04 bits per heavy atom. The summed E-state index contributed by atoms with van der Waals surface area (Å²) in [6.07, 6.45) is 2.03. The molecule has 0 aliphatic carbocycles. The van der Waals surface area contributed by atoms with Crippen molar-refractivity contribution in [3.05, 3.63) is 66.4 Å². The molecule has 3 aromatic rings. The van der Waals surface area contributed by atoms with Gasteiger partial charge in [-0.2, -0.15) is 4.31 Å². The number of nitrogens with zero attached hydrogens (tertiary/aromatic N) is 1. The molecule has 6 heteroatoms. The smallest absolute Gasteiger partial charge is 0.243 e. The van der Waals surface area contributed by atoms with Crippen LogP contribution in [0, 0.1) is 5.92 Å². The summed E-state index contributed by atoms with van der Waals surface area (Å²) in [6.45, 7) is 4.38. The van der Waals surface area contributed by atoms with Gasteiger partial charge in [-0.25, -0.2) is 8.42 Å². The third kappa shape index (κ3) is 5.01. The summed E-state index contributed by atoms with van der Waals surface area (Å²) in [5, 5.41) is 11.3. The summed E-state index contributed by atoms with van der Waals surface area (Å²) in [5.74, 6) is 0.147. The van der Waals surface area contributed by atoms with E-state index in [1.807, 2.05) is 44.2 Å². The highest BCUT2D eigenvalue weighted by molar-refractivity contribution is 7.89. The Morgan fingerprint density at radius 2 is 1.79 bits per heavy atom. The lowest BCUT2D eigenvalue weighted by atomic mass is 10.1. The molecule has 0 aliphatic heterocycles. The molecule has 0 bridgehead atoms. The number of furan rings is 1. The molecule has 5 nitrogen and oxygen atoms in total. The zero-order chi connectivity index (χ0) is 20.1. The van der Waals surface area contributed by atoms with Gasteiger partial charge in [0.2, 0.25) is 10.0 Å². The van der Waals surface area contributed by atoms with Crippen LogP contribution in [-0.4, -0.2) is 37.0 Å². The average molecular weight is 402 g/mol. The third-order valence-electron chi connectivity index (χ3n) is 4.65. The minimum absolute atomic E-state index is 0.0801. The molecule has 1 atom stereocenters. The lowest BCUT2D eigenvalue weighted by Gasteiger charge is -2.26. The molecule has 28 heavy (non-hydrogen) atoms. The number of benzene rings is 2. The molecule has 0 aliphatic rings. The van der Waals surface area contributed by atoms with E-state index in [2.05, 4.69) is 0 Å². The summed E-state index contributed by atoms with van der Waals surface area (Å²) in [4.78, 5) is 0.220. The molecular formula is C22H27NO4S.